The number of nitriles is 1. The van der Waals surface area contributed by atoms with E-state index in [-0.39, 0.29) is 18.3 Å². The molecule has 2 aromatic carbocycles. The number of halogens is 1. The first kappa shape index (κ1) is 27.7. The first-order chi connectivity index (χ1) is 13.6. The molecule has 0 heterocycles. The van der Waals surface area contributed by atoms with E-state index >= 15 is 0 Å². The zero-order chi connectivity index (χ0) is 22.0. The minimum Gasteiger partial charge on any atom is -0.481 e. The molecule has 2 atom stereocenters. The fraction of sp³-hybridized carbons (Fsp3) is 0.462. The van der Waals surface area contributed by atoms with Gasteiger partial charge in [0.1, 0.15) is 0 Å². The largest absolute Gasteiger partial charge is 0.481 e. The molecule has 164 valence electrons. The molecule has 0 saturated heterocycles. The molecule has 2 aromatic rings. The zero-order valence-electron chi connectivity index (χ0n) is 19.1. The van der Waals surface area contributed by atoms with Crippen LogP contribution in [-0.2, 0) is 17.6 Å². The molecule has 3 nitrogen and oxygen atoms in total. The summed E-state index contributed by atoms with van der Waals surface area (Å²) in [6, 6.07) is 18.5. The third-order valence-electron chi connectivity index (χ3n) is 4.81. The second-order valence-corrected chi connectivity index (χ2v) is 8.59. The third-order valence-corrected chi connectivity index (χ3v) is 4.81. The third kappa shape index (κ3) is 9.94. The molecular weight excluding hydrogens is 394 g/mol. The molecule has 2 rings (SSSR count). The van der Waals surface area contributed by atoms with Gasteiger partial charge in [0.25, 0.3) is 0 Å². The maximum Gasteiger partial charge on any atom is 0.310 e. The van der Waals surface area contributed by atoms with Gasteiger partial charge in [-0.15, -0.1) is 12.4 Å². The van der Waals surface area contributed by atoms with Crippen molar-refractivity contribution in [3.8, 4) is 6.07 Å². The number of benzene rings is 2. The molecular formula is C26H36ClNO2. The molecule has 0 aromatic heterocycles. The molecule has 0 spiro atoms. The average molecular weight is 430 g/mol. The van der Waals surface area contributed by atoms with Gasteiger partial charge in [-0.05, 0) is 60.8 Å². The van der Waals surface area contributed by atoms with Crippen molar-refractivity contribution < 1.29 is 9.90 Å². The van der Waals surface area contributed by atoms with E-state index in [1.54, 1.807) is 6.92 Å². The fourth-order valence-electron chi connectivity index (χ4n) is 3.04. The van der Waals surface area contributed by atoms with Crippen LogP contribution in [0.15, 0.2) is 48.5 Å². The van der Waals surface area contributed by atoms with Crippen molar-refractivity contribution in [3.63, 3.8) is 0 Å². The lowest BCUT2D eigenvalue weighted by molar-refractivity contribution is -0.138. The Morgan fingerprint density at radius 3 is 1.47 bits per heavy atom. The molecule has 30 heavy (non-hydrogen) atoms. The minimum absolute atomic E-state index is 0. The van der Waals surface area contributed by atoms with Crippen LogP contribution in [-0.4, -0.2) is 11.1 Å². The number of aliphatic carboxylic acids is 1. The van der Waals surface area contributed by atoms with Crippen LogP contribution in [0, 0.1) is 23.2 Å². The normalized spacial score (nSPS) is 12.2. The zero-order valence-corrected chi connectivity index (χ0v) is 19.9. The van der Waals surface area contributed by atoms with Crippen molar-refractivity contribution >= 4 is 18.4 Å². The summed E-state index contributed by atoms with van der Waals surface area (Å²) in [5.41, 5.74) is 4.61. The first-order valence-corrected chi connectivity index (χ1v) is 10.4. The molecule has 0 saturated carbocycles. The molecule has 0 aliphatic heterocycles. The van der Waals surface area contributed by atoms with E-state index in [4.69, 9.17) is 10.4 Å². The highest BCUT2D eigenvalue weighted by atomic mass is 35.5. The number of carboxylic acids is 1. The second-order valence-electron chi connectivity index (χ2n) is 8.59. The summed E-state index contributed by atoms with van der Waals surface area (Å²) in [5, 5.41) is 17.6. The van der Waals surface area contributed by atoms with Crippen LogP contribution < -0.4 is 0 Å². The van der Waals surface area contributed by atoms with E-state index in [1.165, 1.54) is 11.1 Å². The molecule has 0 radical (unpaired) electrons. The summed E-state index contributed by atoms with van der Waals surface area (Å²) >= 11 is 0. The lowest BCUT2D eigenvalue weighted by Gasteiger charge is -2.09. The van der Waals surface area contributed by atoms with Gasteiger partial charge in [0.05, 0.1) is 17.9 Å². The molecule has 0 amide bonds. The number of nitrogens with zero attached hydrogens (tertiary/aromatic N) is 1. The van der Waals surface area contributed by atoms with Crippen LogP contribution in [0.4, 0.5) is 0 Å². The standard InChI is InChI=1S/C13H17N.C13H18O2.ClH/c1-10(2)8-12-4-6-13(7-5-12)11(3)9-14;1-9(2)8-11-4-6-12(7-5-11)10(3)13(14)15;/h4-7,10-11H,8H2,1-3H3;4-7,9-10H,8H2,1-3H3,(H,14,15);1H. The Bertz CT molecular complexity index is 789. The van der Waals surface area contributed by atoms with Gasteiger partial charge < -0.3 is 5.11 Å². The summed E-state index contributed by atoms with van der Waals surface area (Å²) in [7, 11) is 0. The number of carboxylic acid groups (broad SMARTS) is 1. The van der Waals surface area contributed by atoms with E-state index in [1.807, 2.05) is 31.2 Å². The van der Waals surface area contributed by atoms with Gasteiger partial charge in [0.2, 0.25) is 0 Å². The van der Waals surface area contributed by atoms with Gasteiger partial charge >= 0.3 is 5.97 Å². The number of carbonyl (C=O) groups is 1. The van der Waals surface area contributed by atoms with E-state index in [2.05, 4.69) is 58.0 Å². The summed E-state index contributed by atoms with van der Waals surface area (Å²) in [6.45, 7) is 12.4. The van der Waals surface area contributed by atoms with Gasteiger partial charge in [0, 0.05) is 0 Å². The maximum atomic E-state index is 10.8. The average Bonchev–Trinajstić information content (AvgIpc) is 2.67. The van der Waals surface area contributed by atoms with Gasteiger partial charge in [-0.2, -0.15) is 5.26 Å². The predicted molar refractivity (Wildman–Crippen MR) is 127 cm³/mol. The Hall–Kier alpha value is -2.31. The predicted octanol–water partition coefficient (Wildman–Crippen LogP) is 7.01. The maximum absolute atomic E-state index is 10.8. The number of rotatable bonds is 7. The van der Waals surface area contributed by atoms with Crippen molar-refractivity contribution in [1.82, 2.24) is 0 Å². The van der Waals surface area contributed by atoms with Gasteiger partial charge in [0.15, 0.2) is 0 Å². The molecule has 0 aliphatic carbocycles. The fourth-order valence-corrected chi connectivity index (χ4v) is 3.04. The number of hydrogen-bond acceptors (Lipinski definition) is 2. The van der Waals surface area contributed by atoms with Crippen molar-refractivity contribution in [2.75, 3.05) is 0 Å². The molecule has 4 heteroatoms. The Balaban J connectivity index is 0.000000544. The van der Waals surface area contributed by atoms with E-state index in [0.717, 1.165) is 24.0 Å². The Morgan fingerprint density at radius 2 is 1.17 bits per heavy atom. The summed E-state index contributed by atoms with van der Waals surface area (Å²) < 4.78 is 0. The summed E-state index contributed by atoms with van der Waals surface area (Å²) in [4.78, 5) is 10.8. The molecule has 0 fully saturated rings. The smallest absolute Gasteiger partial charge is 0.310 e. The highest BCUT2D eigenvalue weighted by Gasteiger charge is 2.12. The molecule has 1 N–H and O–H groups in total. The highest BCUT2D eigenvalue weighted by Crippen LogP contribution is 2.18. The van der Waals surface area contributed by atoms with Gasteiger partial charge in [-0.25, -0.2) is 0 Å². The van der Waals surface area contributed by atoms with Crippen LogP contribution in [0.25, 0.3) is 0 Å². The lowest BCUT2D eigenvalue weighted by Crippen LogP contribution is -2.07. The highest BCUT2D eigenvalue weighted by molar-refractivity contribution is 5.85. The first-order valence-electron chi connectivity index (χ1n) is 10.4. The van der Waals surface area contributed by atoms with Crippen LogP contribution in [0.2, 0.25) is 0 Å². The van der Waals surface area contributed by atoms with Crippen LogP contribution >= 0.6 is 12.4 Å². The van der Waals surface area contributed by atoms with Crippen LogP contribution in [0.5, 0.6) is 0 Å². The second kappa shape index (κ2) is 13.8. The van der Waals surface area contributed by atoms with Crippen molar-refractivity contribution in [3.05, 3.63) is 70.8 Å². The topological polar surface area (TPSA) is 61.1 Å². The summed E-state index contributed by atoms with van der Waals surface area (Å²) in [6.07, 6.45) is 2.16. The Labute approximate surface area is 188 Å². The quantitative estimate of drug-likeness (QED) is 0.514. The molecule has 2 unspecified atom stereocenters. The Kier molecular flexibility index (Phi) is 12.8. The minimum atomic E-state index is -0.772. The van der Waals surface area contributed by atoms with Gasteiger partial charge in [-0.3, -0.25) is 4.79 Å². The van der Waals surface area contributed by atoms with Crippen molar-refractivity contribution in [1.29, 1.82) is 5.26 Å². The Morgan fingerprint density at radius 1 is 0.800 bits per heavy atom. The van der Waals surface area contributed by atoms with E-state index < -0.39 is 11.9 Å². The van der Waals surface area contributed by atoms with Crippen molar-refractivity contribution in [2.45, 2.75) is 66.2 Å². The van der Waals surface area contributed by atoms with Crippen LogP contribution in [0.1, 0.15) is 75.6 Å². The number of hydrogen-bond donors (Lipinski definition) is 1. The van der Waals surface area contributed by atoms with Crippen molar-refractivity contribution in [2.24, 2.45) is 11.8 Å². The molecule has 0 bridgehead atoms. The van der Waals surface area contributed by atoms with Gasteiger partial charge in [-0.1, -0.05) is 76.2 Å². The summed E-state index contributed by atoms with van der Waals surface area (Å²) in [5.74, 6) is 0.134. The lowest BCUT2D eigenvalue weighted by atomic mass is 9.97. The van der Waals surface area contributed by atoms with Crippen LogP contribution in [0.3, 0.4) is 0 Å². The van der Waals surface area contributed by atoms with E-state index in [0.29, 0.717) is 11.8 Å². The van der Waals surface area contributed by atoms with E-state index in [9.17, 15) is 4.79 Å². The monoisotopic (exact) mass is 429 g/mol. The molecule has 0 aliphatic rings. The SMILES string of the molecule is CC(C)Cc1ccc(C(C)C#N)cc1.CC(C)Cc1ccc(C(C)C(=O)O)cc1.Cl.